The summed E-state index contributed by atoms with van der Waals surface area (Å²) in [5, 5.41) is 3.52. The van der Waals surface area contributed by atoms with E-state index in [-0.39, 0.29) is 0 Å². The third-order valence-corrected chi connectivity index (χ3v) is 4.21. The van der Waals surface area contributed by atoms with Crippen molar-refractivity contribution in [1.82, 2.24) is 5.32 Å². The summed E-state index contributed by atoms with van der Waals surface area (Å²) in [6, 6.07) is 12.7. The van der Waals surface area contributed by atoms with Crippen LogP contribution < -0.4 is 14.8 Å². The molecule has 1 N–H and O–H groups in total. The van der Waals surface area contributed by atoms with E-state index in [2.05, 4.69) is 49.5 Å². The average molecular weight is 297 g/mol. The predicted octanol–water partition coefficient (Wildman–Crippen LogP) is 3.62. The minimum Gasteiger partial charge on any atom is -0.454 e. The van der Waals surface area contributed by atoms with E-state index in [4.69, 9.17) is 9.47 Å². The Hall–Kier alpha value is -2.00. The van der Waals surface area contributed by atoms with Crippen molar-refractivity contribution in [3.8, 4) is 11.5 Å². The molecule has 1 aliphatic heterocycles. The monoisotopic (exact) mass is 297 g/mol. The molecule has 116 valence electrons. The van der Waals surface area contributed by atoms with Crippen LogP contribution >= 0.6 is 0 Å². The summed E-state index contributed by atoms with van der Waals surface area (Å²) < 4.78 is 10.7. The third kappa shape index (κ3) is 3.25. The van der Waals surface area contributed by atoms with Crippen molar-refractivity contribution in [2.45, 2.75) is 33.2 Å². The zero-order valence-corrected chi connectivity index (χ0v) is 13.3. The number of hydrogen-bond acceptors (Lipinski definition) is 3. The SMILES string of the molecule is CCc1cccc(C)c1CCNCc1ccc2c(c1)OCO2. The Balaban J connectivity index is 1.54. The molecule has 0 aromatic heterocycles. The second kappa shape index (κ2) is 6.84. The zero-order valence-electron chi connectivity index (χ0n) is 13.3. The molecule has 0 aliphatic carbocycles. The second-order valence-corrected chi connectivity index (χ2v) is 5.68. The van der Waals surface area contributed by atoms with E-state index in [1.54, 1.807) is 0 Å². The number of benzene rings is 2. The van der Waals surface area contributed by atoms with E-state index in [0.29, 0.717) is 6.79 Å². The Kier molecular flexibility index (Phi) is 4.64. The molecule has 22 heavy (non-hydrogen) atoms. The number of hydrogen-bond donors (Lipinski definition) is 1. The van der Waals surface area contributed by atoms with Gasteiger partial charge in [0, 0.05) is 6.54 Å². The summed E-state index contributed by atoms with van der Waals surface area (Å²) in [6.45, 7) is 6.58. The molecule has 0 atom stereocenters. The minimum atomic E-state index is 0.333. The molecule has 2 aromatic carbocycles. The number of ether oxygens (including phenoxy) is 2. The fourth-order valence-electron chi connectivity index (χ4n) is 2.95. The maximum Gasteiger partial charge on any atom is 0.231 e. The van der Waals surface area contributed by atoms with Crippen LogP contribution in [-0.4, -0.2) is 13.3 Å². The van der Waals surface area contributed by atoms with Gasteiger partial charge >= 0.3 is 0 Å². The van der Waals surface area contributed by atoms with Crippen molar-refractivity contribution in [2.24, 2.45) is 0 Å². The quantitative estimate of drug-likeness (QED) is 0.826. The van der Waals surface area contributed by atoms with E-state index in [1.165, 1.54) is 22.3 Å². The highest BCUT2D eigenvalue weighted by molar-refractivity contribution is 5.44. The van der Waals surface area contributed by atoms with E-state index < -0.39 is 0 Å². The van der Waals surface area contributed by atoms with Crippen LogP contribution in [0.15, 0.2) is 36.4 Å². The minimum absolute atomic E-state index is 0.333. The first-order valence-electron chi connectivity index (χ1n) is 7.94. The van der Waals surface area contributed by atoms with Crippen LogP contribution in [0.2, 0.25) is 0 Å². The van der Waals surface area contributed by atoms with Crippen LogP contribution in [0, 0.1) is 6.92 Å². The summed E-state index contributed by atoms with van der Waals surface area (Å²) in [7, 11) is 0. The molecule has 3 rings (SSSR count). The lowest BCUT2D eigenvalue weighted by Crippen LogP contribution is -2.17. The average Bonchev–Trinajstić information content (AvgIpc) is 3.00. The number of aryl methyl sites for hydroxylation is 2. The summed E-state index contributed by atoms with van der Waals surface area (Å²) in [6.07, 6.45) is 2.17. The first kappa shape index (κ1) is 14.9. The Morgan fingerprint density at radius 1 is 1.09 bits per heavy atom. The van der Waals surface area contributed by atoms with Crippen molar-refractivity contribution in [3.63, 3.8) is 0 Å². The van der Waals surface area contributed by atoms with Gasteiger partial charge < -0.3 is 14.8 Å². The van der Waals surface area contributed by atoms with Gasteiger partial charge in [-0.05, 0) is 60.7 Å². The van der Waals surface area contributed by atoms with Gasteiger partial charge in [0.25, 0.3) is 0 Å². The fourth-order valence-corrected chi connectivity index (χ4v) is 2.95. The highest BCUT2D eigenvalue weighted by Gasteiger charge is 2.12. The second-order valence-electron chi connectivity index (χ2n) is 5.68. The number of rotatable bonds is 6. The molecule has 0 saturated heterocycles. The zero-order chi connectivity index (χ0) is 15.4. The fraction of sp³-hybridized carbons (Fsp3) is 0.368. The summed E-state index contributed by atoms with van der Waals surface area (Å²) in [4.78, 5) is 0. The van der Waals surface area contributed by atoms with Gasteiger partial charge in [0.15, 0.2) is 11.5 Å². The molecule has 0 unspecified atom stereocenters. The highest BCUT2D eigenvalue weighted by Crippen LogP contribution is 2.32. The topological polar surface area (TPSA) is 30.5 Å². The van der Waals surface area contributed by atoms with Gasteiger partial charge in [-0.15, -0.1) is 0 Å². The van der Waals surface area contributed by atoms with Crippen LogP contribution in [0.25, 0.3) is 0 Å². The molecule has 0 saturated carbocycles. The Labute approximate surface area is 132 Å². The van der Waals surface area contributed by atoms with Gasteiger partial charge in [0.2, 0.25) is 6.79 Å². The molecule has 0 amide bonds. The van der Waals surface area contributed by atoms with Crippen LogP contribution in [0.4, 0.5) is 0 Å². The maximum atomic E-state index is 5.41. The molecule has 0 fully saturated rings. The van der Waals surface area contributed by atoms with Crippen molar-refractivity contribution in [3.05, 3.63) is 58.7 Å². The van der Waals surface area contributed by atoms with Crippen LogP contribution in [0.1, 0.15) is 29.2 Å². The molecule has 1 heterocycles. The molecular formula is C19H23NO2. The highest BCUT2D eigenvalue weighted by atomic mass is 16.7. The molecule has 0 spiro atoms. The smallest absolute Gasteiger partial charge is 0.231 e. The normalized spacial score (nSPS) is 12.6. The van der Waals surface area contributed by atoms with E-state index >= 15 is 0 Å². The van der Waals surface area contributed by atoms with Crippen molar-refractivity contribution in [1.29, 1.82) is 0 Å². The number of nitrogens with one attached hydrogen (secondary N) is 1. The first-order chi connectivity index (χ1) is 10.8. The Morgan fingerprint density at radius 3 is 2.82 bits per heavy atom. The number of fused-ring (bicyclic) bond motifs is 1. The lowest BCUT2D eigenvalue weighted by atomic mass is 9.97. The van der Waals surface area contributed by atoms with Gasteiger partial charge in [-0.25, -0.2) is 0 Å². The summed E-state index contributed by atoms with van der Waals surface area (Å²) in [5.74, 6) is 1.70. The van der Waals surface area contributed by atoms with E-state index in [0.717, 1.165) is 37.4 Å². The third-order valence-electron chi connectivity index (χ3n) is 4.21. The van der Waals surface area contributed by atoms with E-state index in [1.807, 2.05) is 6.07 Å². The lowest BCUT2D eigenvalue weighted by molar-refractivity contribution is 0.174. The first-order valence-corrected chi connectivity index (χ1v) is 7.94. The van der Waals surface area contributed by atoms with Gasteiger partial charge in [-0.1, -0.05) is 31.2 Å². The van der Waals surface area contributed by atoms with Crippen LogP contribution in [0.5, 0.6) is 11.5 Å². The van der Waals surface area contributed by atoms with Crippen LogP contribution in [0.3, 0.4) is 0 Å². The molecule has 3 heteroatoms. The molecule has 1 aliphatic rings. The maximum absolute atomic E-state index is 5.41. The predicted molar refractivity (Wildman–Crippen MR) is 88.5 cm³/mol. The van der Waals surface area contributed by atoms with Crippen molar-refractivity contribution >= 4 is 0 Å². The molecule has 0 radical (unpaired) electrons. The van der Waals surface area contributed by atoms with E-state index in [9.17, 15) is 0 Å². The summed E-state index contributed by atoms with van der Waals surface area (Å²) in [5.41, 5.74) is 5.57. The van der Waals surface area contributed by atoms with Crippen molar-refractivity contribution in [2.75, 3.05) is 13.3 Å². The van der Waals surface area contributed by atoms with Gasteiger partial charge in [0.1, 0.15) is 0 Å². The van der Waals surface area contributed by atoms with Gasteiger partial charge in [-0.3, -0.25) is 0 Å². The lowest BCUT2D eigenvalue weighted by Gasteiger charge is -2.12. The van der Waals surface area contributed by atoms with Gasteiger partial charge in [0.05, 0.1) is 0 Å². The van der Waals surface area contributed by atoms with Crippen LogP contribution in [-0.2, 0) is 19.4 Å². The van der Waals surface area contributed by atoms with Gasteiger partial charge in [-0.2, -0.15) is 0 Å². The Morgan fingerprint density at radius 2 is 1.95 bits per heavy atom. The Bertz CT molecular complexity index is 652. The standard InChI is InChI=1S/C19H23NO2/c1-3-16-6-4-5-14(2)17(16)9-10-20-12-15-7-8-18-19(11-15)22-13-21-18/h4-8,11,20H,3,9-10,12-13H2,1-2H3. The molecular weight excluding hydrogens is 274 g/mol. The molecule has 2 aromatic rings. The molecule has 3 nitrogen and oxygen atoms in total. The molecule has 0 bridgehead atoms. The largest absolute Gasteiger partial charge is 0.454 e. The van der Waals surface area contributed by atoms with Crippen molar-refractivity contribution < 1.29 is 9.47 Å². The summed E-state index contributed by atoms with van der Waals surface area (Å²) >= 11 is 0.